The average Bonchev–Trinajstić information content (AvgIpc) is 2.69. The van der Waals surface area contributed by atoms with Crippen LogP contribution in [0.25, 0.3) is 0 Å². The van der Waals surface area contributed by atoms with Crippen LogP contribution in [0.1, 0.15) is 59.8 Å². The van der Waals surface area contributed by atoms with Gasteiger partial charge in [0.05, 0.1) is 11.8 Å². The van der Waals surface area contributed by atoms with E-state index >= 15 is 0 Å². The summed E-state index contributed by atoms with van der Waals surface area (Å²) < 4.78 is 13.4. The molecule has 2 N–H and O–H groups in total. The fourth-order valence-electron chi connectivity index (χ4n) is 5.42. The number of halogens is 1. The lowest BCUT2D eigenvalue weighted by Gasteiger charge is -2.48. The van der Waals surface area contributed by atoms with Crippen LogP contribution < -0.4 is 5.32 Å². The molecule has 3 rings (SSSR count). The molecule has 4 atom stereocenters. The summed E-state index contributed by atoms with van der Waals surface area (Å²) in [6.07, 6.45) is 11.5. The van der Waals surface area contributed by atoms with Crippen molar-refractivity contribution in [1.82, 2.24) is 10.2 Å². The van der Waals surface area contributed by atoms with Gasteiger partial charge in [-0.15, -0.1) is 0 Å². The molecule has 0 saturated carbocycles. The van der Waals surface area contributed by atoms with E-state index < -0.39 is 0 Å². The van der Waals surface area contributed by atoms with Crippen molar-refractivity contribution in [3.8, 4) is 0 Å². The quantitative estimate of drug-likeness (QED) is 0.627. The van der Waals surface area contributed by atoms with Crippen LogP contribution >= 0.6 is 0 Å². The van der Waals surface area contributed by atoms with E-state index in [1.165, 1.54) is 0 Å². The van der Waals surface area contributed by atoms with Crippen molar-refractivity contribution < 1.29 is 14.3 Å². The fraction of sp³-hybridized carbons (Fsp3) is 0.720. The van der Waals surface area contributed by atoms with Crippen LogP contribution in [0.4, 0.5) is 4.39 Å². The summed E-state index contributed by atoms with van der Waals surface area (Å²) in [7, 11) is 0. The van der Waals surface area contributed by atoms with Crippen molar-refractivity contribution in [3.05, 3.63) is 35.9 Å². The second-order valence-electron chi connectivity index (χ2n) is 10.5. The molecule has 0 aromatic rings. The van der Waals surface area contributed by atoms with Crippen LogP contribution in [0, 0.1) is 29.1 Å². The van der Waals surface area contributed by atoms with Gasteiger partial charge in [-0.25, -0.2) is 4.39 Å². The van der Waals surface area contributed by atoms with E-state index in [1.807, 2.05) is 17.1 Å². The van der Waals surface area contributed by atoms with E-state index in [4.69, 9.17) is 0 Å². The van der Waals surface area contributed by atoms with E-state index in [1.54, 1.807) is 12.2 Å². The van der Waals surface area contributed by atoms with Gasteiger partial charge >= 0.3 is 0 Å². The molecule has 30 heavy (non-hydrogen) atoms. The van der Waals surface area contributed by atoms with E-state index in [0.29, 0.717) is 23.5 Å². The standard InChI is InChI=1S/C25H39FN2O2/c1-17(2)23(27-15-18-5-11-21(29)12-6-18)24(30)28-14-13-22(25(3,4)16-28)19-7-9-20(26)10-8-19/h7,9-11,17-19,22-23,27,29H,5-6,8,12-16H2,1-4H3/t18?,19?,22?,23-/m1/s1. The third-order valence-corrected chi connectivity index (χ3v) is 7.28. The first-order valence-corrected chi connectivity index (χ1v) is 11.6. The van der Waals surface area contributed by atoms with E-state index in [-0.39, 0.29) is 29.1 Å². The van der Waals surface area contributed by atoms with Crippen LogP contribution in [0.5, 0.6) is 0 Å². The molecule has 168 valence electrons. The smallest absolute Gasteiger partial charge is 0.239 e. The van der Waals surface area contributed by atoms with E-state index in [9.17, 15) is 14.3 Å². The Kier molecular flexibility index (Phi) is 7.43. The summed E-state index contributed by atoms with van der Waals surface area (Å²) in [6, 6.07) is -0.177. The molecular weight excluding hydrogens is 379 g/mol. The summed E-state index contributed by atoms with van der Waals surface area (Å²) in [6.45, 7) is 11.0. The number of allylic oxidation sites excluding steroid dienone is 6. The number of rotatable bonds is 6. The van der Waals surface area contributed by atoms with Crippen LogP contribution in [-0.2, 0) is 4.79 Å². The van der Waals surface area contributed by atoms with Gasteiger partial charge in [0.15, 0.2) is 0 Å². The zero-order valence-corrected chi connectivity index (χ0v) is 19.0. The lowest BCUT2D eigenvalue weighted by Crippen LogP contribution is -2.56. The van der Waals surface area contributed by atoms with Crippen molar-refractivity contribution in [2.75, 3.05) is 19.6 Å². The van der Waals surface area contributed by atoms with Crippen molar-refractivity contribution in [2.24, 2.45) is 29.1 Å². The van der Waals surface area contributed by atoms with Gasteiger partial charge in [0.1, 0.15) is 5.83 Å². The fourth-order valence-corrected chi connectivity index (χ4v) is 5.42. The summed E-state index contributed by atoms with van der Waals surface area (Å²) in [5.74, 6) is 2.07. The van der Waals surface area contributed by atoms with Crippen LogP contribution in [-0.4, -0.2) is 41.6 Å². The van der Waals surface area contributed by atoms with Crippen LogP contribution in [0.15, 0.2) is 35.9 Å². The molecule has 3 aliphatic rings. The number of carbonyl (C=O) groups is 1. The number of piperidine rings is 1. The first-order chi connectivity index (χ1) is 14.2. The lowest BCUT2D eigenvalue weighted by molar-refractivity contribution is -0.139. The molecule has 5 heteroatoms. The van der Waals surface area contributed by atoms with Crippen molar-refractivity contribution in [1.29, 1.82) is 0 Å². The highest BCUT2D eigenvalue weighted by Gasteiger charge is 2.42. The molecule has 1 heterocycles. The Balaban J connectivity index is 1.59. The van der Waals surface area contributed by atoms with E-state index in [0.717, 1.165) is 51.7 Å². The maximum Gasteiger partial charge on any atom is 0.239 e. The molecule has 3 unspecified atom stereocenters. The Morgan fingerprint density at radius 2 is 2.07 bits per heavy atom. The molecule has 4 nitrogen and oxygen atoms in total. The molecule has 0 spiro atoms. The van der Waals surface area contributed by atoms with Gasteiger partial charge in [0.2, 0.25) is 5.91 Å². The number of likely N-dealkylation sites (tertiary alicyclic amines) is 1. The topological polar surface area (TPSA) is 52.6 Å². The molecular formula is C25H39FN2O2. The Morgan fingerprint density at radius 3 is 2.63 bits per heavy atom. The van der Waals surface area contributed by atoms with Crippen molar-refractivity contribution in [3.63, 3.8) is 0 Å². The Morgan fingerprint density at radius 1 is 1.30 bits per heavy atom. The first-order valence-electron chi connectivity index (χ1n) is 11.6. The Hall–Kier alpha value is -1.62. The third kappa shape index (κ3) is 5.54. The van der Waals surface area contributed by atoms with Crippen molar-refractivity contribution >= 4 is 5.91 Å². The monoisotopic (exact) mass is 418 g/mol. The second kappa shape index (κ2) is 9.67. The Labute approximate surface area is 181 Å². The molecule has 1 amide bonds. The number of carbonyl (C=O) groups excluding carboxylic acids is 1. The number of hydrogen-bond acceptors (Lipinski definition) is 3. The van der Waals surface area contributed by atoms with Gasteiger partial charge in [0, 0.05) is 19.5 Å². The lowest BCUT2D eigenvalue weighted by atomic mass is 9.66. The minimum absolute atomic E-state index is 0.00219. The van der Waals surface area contributed by atoms with Crippen molar-refractivity contribution in [2.45, 2.75) is 65.8 Å². The molecule has 1 fully saturated rings. The minimum atomic E-state index is -0.177. The predicted octanol–water partition coefficient (Wildman–Crippen LogP) is 5.15. The summed E-state index contributed by atoms with van der Waals surface area (Å²) in [5, 5.41) is 13.1. The number of aliphatic hydroxyl groups is 1. The molecule has 1 aliphatic heterocycles. The molecule has 0 radical (unpaired) electrons. The summed E-state index contributed by atoms with van der Waals surface area (Å²) >= 11 is 0. The Bertz CT molecular complexity index is 710. The summed E-state index contributed by atoms with van der Waals surface area (Å²) in [5.41, 5.74) is -0.00219. The van der Waals surface area contributed by atoms with Gasteiger partial charge in [-0.1, -0.05) is 33.8 Å². The molecule has 0 aromatic heterocycles. The number of hydrogen-bond donors (Lipinski definition) is 2. The number of nitrogens with zero attached hydrogens (tertiary/aromatic N) is 1. The average molecular weight is 419 g/mol. The van der Waals surface area contributed by atoms with Gasteiger partial charge in [-0.05, 0) is 79.5 Å². The number of amides is 1. The SMILES string of the molecule is CC(C)[C@@H](NCC1CC=C(O)CC1)C(=O)N1CCC(C2C=CC(F)=CC2)C(C)(C)C1. The van der Waals surface area contributed by atoms with Crippen LogP contribution in [0.2, 0.25) is 0 Å². The van der Waals surface area contributed by atoms with Gasteiger partial charge in [-0.3, -0.25) is 4.79 Å². The second-order valence-corrected chi connectivity index (χ2v) is 10.5. The van der Waals surface area contributed by atoms with Crippen LogP contribution in [0.3, 0.4) is 0 Å². The van der Waals surface area contributed by atoms with Gasteiger partial charge < -0.3 is 15.3 Å². The zero-order chi connectivity index (χ0) is 21.9. The third-order valence-electron chi connectivity index (χ3n) is 7.28. The maximum absolute atomic E-state index is 13.4. The summed E-state index contributed by atoms with van der Waals surface area (Å²) in [4.78, 5) is 15.5. The minimum Gasteiger partial charge on any atom is -0.513 e. The molecule has 0 aromatic carbocycles. The first kappa shape index (κ1) is 23.1. The molecule has 2 aliphatic carbocycles. The highest BCUT2D eigenvalue weighted by molar-refractivity contribution is 5.82. The molecule has 1 saturated heterocycles. The number of nitrogens with one attached hydrogen (secondary N) is 1. The number of aliphatic hydroxyl groups excluding tert-OH is 1. The maximum atomic E-state index is 13.4. The normalized spacial score (nSPS) is 30.1. The largest absolute Gasteiger partial charge is 0.513 e. The highest BCUT2D eigenvalue weighted by Crippen LogP contribution is 2.43. The van der Waals surface area contributed by atoms with Gasteiger partial charge in [0.25, 0.3) is 0 Å². The van der Waals surface area contributed by atoms with E-state index in [2.05, 4.69) is 33.0 Å². The zero-order valence-electron chi connectivity index (χ0n) is 19.0. The highest BCUT2D eigenvalue weighted by atomic mass is 19.1. The molecule has 0 bridgehead atoms. The predicted molar refractivity (Wildman–Crippen MR) is 120 cm³/mol. The van der Waals surface area contributed by atoms with Gasteiger partial charge in [-0.2, -0.15) is 0 Å².